The molecule has 2 atom stereocenters. The van der Waals surface area contributed by atoms with E-state index in [-0.39, 0.29) is 24.5 Å². The van der Waals surface area contributed by atoms with Crippen molar-refractivity contribution in [2.75, 3.05) is 26.2 Å². The molecule has 8 heteroatoms. The van der Waals surface area contributed by atoms with Crippen LogP contribution in [0.25, 0.3) is 0 Å². The molecule has 0 saturated carbocycles. The topological polar surface area (TPSA) is 91.3 Å². The van der Waals surface area contributed by atoms with Crippen molar-refractivity contribution in [3.63, 3.8) is 0 Å². The lowest BCUT2D eigenvalue weighted by atomic mass is 10.0. The third kappa shape index (κ3) is 8.85. The molecule has 1 fully saturated rings. The zero-order chi connectivity index (χ0) is 23.0. The van der Waals surface area contributed by atoms with Gasteiger partial charge in [-0.25, -0.2) is 4.79 Å². The van der Waals surface area contributed by atoms with Crippen molar-refractivity contribution in [2.45, 2.75) is 65.7 Å². The number of piperazine rings is 1. The summed E-state index contributed by atoms with van der Waals surface area (Å²) in [6.07, 6.45) is -1.04. The molecule has 0 spiro atoms. The second-order valence-electron chi connectivity index (χ2n) is 9.28. The maximum Gasteiger partial charge on any atom is 0.410 e. The number of nitrogens with zero attached hydrogens (tertiary/aromatic N) is 2. The molecule has 2 rings (SSSR count). The van der Waals surface area contributed by atoms with Gasteiger partial charge < -0.3 is 24.4 Å². The predicted octanol–water partition coefficient (Wildman–Crippen LogP) is 2.56. The summed E-state index contributed by atoms with van der Waals surface area (Å²) in [7, 11) is 0. The molecule has 1 unspecified atom stereocenters. The van der Waals surface area contributed by atoms with Crippen LogP contribution in [0.3, 0.4) is 0 Å². The van der Waals surface area contributed by atoms with Crippen LogP contribution in [0, 0.1) is 5.92 Å². The van der Waals surface area contributed by atoms with Crippen molar-refractivity contribution in [2.24, 2.45) is 5.92 Å². The Hall–Kier alpha value is -2.16. The summed E-state index contributed by atoms with van der Waals surface area (Å²) in [5, 5.41) is 13.1. The van der Waals surface area contributed by atoms with Crippen LogP contribution >= 0.6 is 0 Å². The summed E-state index contributed by atoms with van der Waals surface area (Å²) in [4.78, 5) is 28.8. The lowest BCUT2D eigenvalue weighted by Gasteiger charge is -2.37. The van der Waals surface area contributed by atoms with Crippen molar-refractivity contribution >= 4 is 12.0 Å². The summed E-state index contributed by atoms with van der Waals surface area (Å²) < 4.78 is 10.9. The number of hydrogen-bond donors (Lipinski definition) is 2. The van der Waals surface area contributed by atoms with Crippen LogP contribution < -0.4 is 5.32 Å². The Balaban J connectivity index is 1.86. The van der Waals surface area contributed by atoms with E-state index >= 15 is 0 Å². The third-order valence-electron chi connectivity index (χ3n) is 4.87. The van der Waals surface area contributed by atoms with Crippen molar-refractivity contribution in [1.29, 1.82) is 0 Å². The van der Waals surface area contributed by atoms with Gasteiger partial charge in [-0.3, -0.25) is 10.1 Å². The first-order valence-electron chi connectivity index (χ1n) is 10.9. The smallest absolute Gasteiger partial charge is 0.410 e. The molecule has 2 amide bonds. The maximum atomic E-state index is 13.1. The lowest BCUT2D eigenvalue weighted by Crippen LogP contribution is -2.57. The highest BCUT2D eigenvalue weighted by atomic mass is 16.6. The van der Waals surface area contributed by atoms with Gasteiger partial charge in [0, 0.05) is 26.2 Å². The van der Waals surface area contributed by atoms with Gasteiger partial charge in [0.1, 0.15) is 6.61 Å². The van der Waals surface area contributed by atoms with Gasteiger partial charge in [-0.15, -0.1) is 0 Å². The Labute approximate surface area is 185 Å². The first-order valence-corrected chi connectivity index (χ1v) is 10.9. The van der Waals surface area contributed by atoms with Crippen LogP contribution in [0.1, 0.15) is 46.6 Å². The average molecular weight is 436 g/mol. The number of rotatable bonds is 8. The molecular formula is C23H37N3O5. The molecule has 1 aromatic rings. The van der Waals surface area contributed by atoms with Crippen molar-refractivity contribution in [3.05, 3.63) is 35.9 Å². The largest absolute Gasteiger partial charge is 0.445 e. The number of aliphatic hydroxyl groups excluding tert-OH is 1. The van der Waals surface area contributed by atoms with Gasteiger partial charge in [0.2, 0.25) is 12.3 Å². The fourth-order valence-corrected chi connectivity index (χ4v) is 3.39. The van der Waals surface area contributed by atoms with Gasteiger partial charge in [-0.1, -0.05) is 44.2 Å². The van der Waals surface area contributed by atoms with Gasteiger partial charge in [0.15, 0.2) is 0 Å². The molecule has 1 aliphatic rings. The van der Waals surface area contributed by atoms with E-state index in [4.69, 9.17) is 9.47 Å². The van der Waals surface area contributed by atoms with Gasteiger partial charge in [0.05, 0.1) is 11.6 Å². The zero-order valence-electron chi connectivity index (χ0n) is 19.3. The molecule has 0 aromatic heterocycles. The van der Waals surface area contributed by atoms with E-state index in [0.717, 1.165) is 5.56 Å². The number of aliphatic hydroxyl groups is 1. The average Bonchev–Trinajstić information content (AvgIpc) is 2.70. The van der Waals surface area contributed by atoms with Crippen LogP contribution in [-0.4, -0.2) is 71.1 Å². The number of benzene rings is 1. The first kappa shape index (κ1) is 25.1. The Kier molecular flexibility index (Phi) is 9.28. The molecule has 0 aliphatic carbocycles. The molecule has 174 valence electrons. The summed E-state index contributed by atoms with van der Waals surface area (Å²) in [6, 6.07) is 8.97. The third-order valence-corrected chi connectivity index (χ3v) is 4.87. The minimum atomic E-state index is -1.23. The molecule has 1 heterocycles. The molecule has 1 saturated heterocycles. The Morgan fingerprint density at radius 2 is 1.65 bits per heavy atom. The molecule has 0 bridgehead atoms. The summed E-state index contributed by atoms with van der Waals surface area (Å²) in [5.41, 5.74) is 0.395. The number of hydrogen-bond acceptors (Lipinski definition) is 6. The molecule has 31 heavy (non-hydrogen) atoms. The highest BCUT2D eigenvalue weighted by molar-refractivity contribution is 5.82. The van der Waals surface area contributed by atoms with Crippen molar-refractivity contribution in [3.8, 4) is 0 Å². The molecule has 8 nitrogen and oxygen atoms in total. The Bertz CT molecular complexity index is 697. The zero-order valence-corrected chi connectivity index (χ0v) is 19.3. The summed E-state index contributed by atoms with van der Waals surface area (Å²) in [6.45, 7) is 11.5. The first-order chi connectivity index (χ1) is 14.5. The van der Waals surface area contributed by atoms with Gasteiger partial charge in [-0.2, -0.15) is 0 Å². The highest BCUT2D eigenvalue weighted by Crippen LogP contribution is 2.14. The van der Waals surface area contributed by atoms with E-state index in [0.29, 0.717) is 32.6 Å². The van der Waals surface area contributed by atoms with E-state index in [2.05, 4.69) is 5.32 Å². The highest BCUT2D eigenvalue weighted by Gasteiger charge is 2.31. The Morgan fingerprint density at radius 3 is 2.19 bits per heavy atom. The van der Waals surface area contributed by atoms with Crippen molar-refractivity contribution < 1.29 is 24.2 Å². The number of amides is 2. The van der Waals surface area contributed by atoms with E-state index in [1.807, 2.05) is 65.0 Å². The summed E-state index contributed by atoms with van der Waals surface area (Å²) in [5.74, 6) is 0.167. The standard InChI is InChI=1S/C23H37N3O5/c1-17(2)15-19(24-21(28)31-23(3,4)5)20(27)25-11-13-26(14-12-25)22(29)30-16-18-9-7-6-8-10-18/h6-10,17,19,21,24,28H,11-16H2,1-5H3/t19-,21?/m0/s1. The number of ether oxygens (including phenoxy) is 2. The van der Waals surface area contributed by atoms with E-state index in [9.17, 15) is 14.7 Å². The number of carbonyl (C=O) groups is 2. The van der Waals surface area contributed by atoms with Crippen LogP contribution in [0.5, 0.6) is 0 Å². The second-order valence-corrected chi connectivity index (χ2v) is 9.28. The normalized spacial score (nSPS) is 16.9. The van der Waals surface area contributed by atoms with Crippen LogP contribution in [0.2, 0.25) is 0 Å². The van der Waals surface area contributed by atoms with Crippen LogP contribution in [-0.2, 0) is 20.9 Å². The second kappa shape index (κ2) is 11.5. The quantitative estimate of drug-likeness (QED) is 0.610. The number of nitrogens with one attached hydrogen (secondary N) is 1. The van der Waals surface area contributed by atoms with Gasteiger partial charge >= 0.3 is 6.09 Å². The minimum absolute atomic E-state index is 0.0948. The molecule has 1 aromatic carbocycles. The minimum Gasteiger partial charge on any atom is -0.445 e. The molecule has 0 radical (unpaired) electrons. The number of carbonyl (C=O) groups excluding carboxylic acids is 2. The van der Waals surface area contributed by atoms with E-state index in [1.54, 1.807) is 9.80 Å². The van der Waals surface area contributed by atoms with Crippen molar-refractivity contribution in [1.82, 2.24) is 15.1 Å². The lowest BCUT2D eigenvalue weighted by molar-refractivity contribution is -0.188. The fourth-order valence-electron chi connectivity index (χ4n) is 3.39. The maximum absolute atomic E-state index is 13.1. The molecule has 1 aliphatic heterocycles. The molecular weight excluding hydrogens is 398 g/mol. The molecule has 2 N–H and O–H groups in total. The van der Waals surface area contributed by atoms with Gasteiger partial charge in [0.25, 0.3) is 0 Å². The fraction of sp³-hybridized carbons (Fsp3) is 0.652. The van der Waals surface area contributed by atoms with Gasteiger partial charge in [-0.05, 0) is 38.7 Å². The van der Waals surface area contributed by atoms with E-state index in [1.165, 1.54) is 0 Å². The van der Waals surface area contributed by atoms with E-state index < -0.39 is 18.1 Å². The Morgan fingerprint density at radius 1 is 1.06 bits per heavy atom. The van der Waals surface area contributed by atoms with Crippen LogP contribution in [0.15, 0.2) is 30.3 Å². The summed E-state index contributed by atoms with van der Waals surface area (Å²) >= 11 is 0. The predicted molar refractivity (Wildman–Crippen MR) is 118 cm³/mol. The van der Waals surface area contributed by atoms with Crippen LogP contribution in [0.4, 0.5) is 4.79 Å². The SMILES string of the molecule is CC(C)C[C@H](NC(O)OC(C)(C)C)C(=O)N1CCN(C(=O)OCc2ccccc2)CC1. The monoisotopic (exact) mass is 435 g/mol.